The molecule has 1 aromatic rings. The maximum atomic E-state index is 12.3. The number of fused-ring (bicyclic) bond motifs is 1. The van der Waals surface area contributed by atoms with Gasteiger partial charge in [0, 0.05) is 13.5 Å². The Labute approximate surface area is 109 Å². The van der Waals surface area contributed by atoms with E-state index in [0.717, 1.165) is 11.1 Å². The fraction of sp³-hybridized carbons (Fsp3) is 0.429. The van der Waals surface area contributed by atoms with Crippen molar-refractivity contribution in [2.45, 2.75) is 25.1 Å². The number of hydrogen-bond donors (Lipinski definition) is 0. The third-order valence-electron chi connectivity index (χ3n) is 3.20. The van der Waals surface area contributed by atoms with Crippen LogP contribution in [0.5, 0.6) is 0 Å². The minimum Gasteiger partial charge on any atom is -0.498 e. The van der Waals surface area contributed by atoms with Gasteiger partial charge in [-0.1, -0.05) is 18.2 Å². The summed E-state index contributed by atoms with van der Waals surface area (Å²) in [5, 5.41) is 0. The third-order valence-corrected chi connectivity index (χ3v) is 3.20. The Morgan fingerprint density at radius 3 is 2.53 bits per heavy atom. The molecule has 0 aromatic heterocycles. The lowest BCUT2D eigenvalue weighted by Crippen LogP contribution is -2.11. The van der Waals surface area contributed by atoms with E-state index in [1.807, 2.05) is 6.07 Å². The summed E-state index contributed by atoms with van der Waals surface area (Å²) in [6, 6.07) is 5.32. The first kappa shape index (κ1) is 13.9. The molecule has 1 aromatic carbocycles. The van der Waals surface area contributed by atoms with E-state index in [2.05, 4.69) is 0 Å². The highest BCUT2D eigenvalue weighted by atomic mass is 19.4. The van der Waals surface area contributed by atoms with Crippen LogP contribution < -0.4 is 0 Å². The summed E-state index contributed by atoms with van der Waals surface area (Å²) in [5.41, 5.74) is 2.31. The Kier molecular flexibility index (Phi) is 3.85. The number of hydrogen-bond acceptors (Lipinski definition) is 2. The Morgan fingerprint density at radius 1 is 1.21 bits per heavy atom. The van der Waals surface area contributed by atoms with Gasteiger partial charge >= 0.3 is 6.18 Å². The highest BCUT2D eigenvalue weighted by Crippen LogP contribution is 2.40. The predicted molar refractivity (Wildman–Crippen MR) is 65.6 cm³/mol. The van der Waals surface area contributed by atoms with Crippen LogP contribution in [-0.2, 0) is 15.9 Å². The summed E-state index contributed by atoms with van der Waals surface area (Å²) in [6.07, 6.45) is -3.63. The molecule has 19 heavy (non-hydrogen) atoms. The largest absolute Gasteiger partial charge is 0.498 e. The lowest BCUT2D eigenvalue weighted by Gasteiger charge is -2.17. The van der Waals surface area contributed by atoms with Crippen molar-refractivity contribution < 1.29 is 22.6 Å². The molecule has 0 heterocycles. The standard InChI is InChI=1S/C14H15F3O2/c1-18-11-8-10-5-3-4-9(6-7-14(15,16)17)12(10)13(11)19-2/h3-5,8,13H,6-7H2,1-2H3. The van der Waals surface area contributed by atoms with Gasteiger partial charge < -0.3 is 9.47 Å². The highest BCUT2D eigenvalue weighted by Gasteiger charge is 2.31. The number of rotatable bonds is 4. The van der Waals surface area contributed by atoms with Gasteiger partial charge in [0.05, 0.1) is 7.11 Å². The van der Waals surface area contributed by atoms with E-state index in [-0.39, 0.29) is 6.42 Å². The second-order valence-electron chi connectivity index (χ2n) is 4.40. The molecule has 1 atom stereocenters. The van der Waals surface area contributed by atoms with Crippen molar-refractivity contribution in [3.05, 3.63) is 40.6 Å². The Bertz CT molecular complexity index is 492. The normalized spacial score (nSPS) is 18.2. The van der Waals surface area contributed by atoms with E-state index in [1.54, 1.807) is 18.2 Å². The van der Waals surface area contributed by atoms with Crippen LogP contribution in [0.1, 0.15) is 29.2 Å². The van der Waals surface area contributed by atoms with Gasteiger partial charge in [0.25, 0.3) is 0 Å². The quantitative estimate of drug-likeness (QED) is 0.828. The average Bonchev–Trinajstić information content (AvgIpc) is 2.73. The molecule has 2 rings (SSSR count). The molecule has 2 nitrogen and oxygen atoms in total. The average molecular weight is 272 g/mol. The molecule has 0 saturated carbocycles. The smallest absolute Gasteiger partial charge is 0.389 e. The molecule has 0 spiro atoms. The van der Waals surface area contributed by atoms with Crippen molar-refractivity contribution in [2.75, 3.05) is 14.2 Å². The van der Waals surface area contributed by atoms with Crippen molar-refractivity contribution in [3.63, 3.8) is 0 Å². The van der Waals surface area contributed by atoms with Gasteiger partial charge in [-0.15, -0.1) is 0 Å². The molecule has 1 unspecified atom stereocenters. The van der Waals surface area contributed by atoms with Gasteiger partial charge in [-0.3, -0.25) is 0 Å². The first-order chi connectivity index (χ1) is 8.96. The highest BCUT2D eigenvalue weighted by molar-refractivity contribution is 5.66. The molecule has 1 aliphatic carbocycles. The van der Waals surface area contributed by atoms with Crippen LogP contribution in [0, 0.1) is 0 Å². The lowest BCUT2D eigenvalue weighted by atomic mass is 9.97. The maximum absolute atomic E-state index is 12.3. The molecule has 0 saturated heterocycles. The zero-order chi connectivity index (χ0) is 14.0. The monoisotopic (exact) mass is 272 g/mol. The Balaban J connectivity index is 2.29. The first-order valence-corrected chi connectivity index (χ1v) is 5.93. The van der Waals surface area contributed by atoms with Gasteiger partial charge in [0.2, 0.25) is 0 Å². The van der Waals surface area contributed by atoms with Crippen LogP contribution in [0.25, 0.3) is 6.08 Å². The molecule has 0 N–H and O–H groups in total. The number of alkyl halides is 3. The molecule has 0 fully saturated rings. The van der Waals surface area contributed by atoms with Gasteiger partial charge in [-0.2, -0.15) is 13.2 Å². The summed E-state index contributed by atoms with van der Waals surface area (Å²) in [7, 11) is 3.05. The summed E-state index contributed by atoms with van der Waals surface area (Å²) in [5.74, 6) is 0.622. The van der Waals surface area contributed by atoms with Crippen LogP contribution in [-0.4, -0.2) is 20.4 Å². The van der Waals surface area contributed by atoms with E-state index in [0.29, 0.717) is 11.3 Å². The fourth-order valence-corrected chi connectivity index (χ4v) is 2.34. The number of benzene rings is 1. The third kappa shape index (κ3) is 2.92. The van der Waals surface area contributed by atoms with Crippen molar-refractivity contribution in [1.29, 1.82) is 0 Å². The first-order valence-electron chi connectivity index (χ1n) is 5.93. The molecule has 0 amide bonds. The van der Waals surface area contributed by atoms with Crippen LogP contribution in [0.15, 0.2) is 24.0 Å². The molecule has 0 bridgehead atoms. The zero-order valence-electron chi connectivity index (χ0n) is 10.8. The van der Waals surface area contributed by atoms with Crippen LogP contribution in [0.2, 0.25) is 0 Å². The minimum absolute atomic E-state index is 0.0443. The molecule has 104 valence electrons. The molecule has 0 aliphatic heterocycles. The van der Waals surface area contributed by atoms with E-state index < -0.39 is 18.7 Å². The Morgan fingerprint density at radius 2 is 1.95 bits per heavy atom. The summed E-state index contributed by atoms with van der Waals surface area (Å²) >= 11 is 0. The molecule has 1 aliphatic rings. The second-order valence-corrected chi connectivity index (χ2v) is 4.40. The van der Waals surface area contributed by atoms with E-state index >= 15 is 0 Å². The molecule has 0 radical (unpaired) electrons. The van der Waals surface area contributed by atoms with Crippen LogP contribution in [0.3, 0.4) is 0 Å². The molecular formula is C14H15F3O2. The lowest BCUT2D eigenvalue weighted by molar-refractivity contribution is -0.134. The van der Waals surface area contributed by atoms with Crippen LogP contribution >= 0.6 is 0 Å². The van der Waals surface area contributed by atoms with Gasteiger partial charge in [0.1, 0.15) is 11.9 Å². The fourth-order valence-electron chi connectivity index (χ4n) is 2.34. The SMILES string of the molecule is COC1=Cc2cccc(CCC(F)(F)F)c2C1OC. The van der Waals surface area contributed by atoms with Gasteiger partial charge in [0.15, 0.2) is 0 Å². The van der Waals surface area contributed by atoms with Crippen molar-refractivity contribution in [1.82, 2.24) is 0 Å². The summed E-state index contributed by atoms with van der Waals surface area (Å²) < 4.78 is 47.6. The minimum atomic E-state index is -4.15. The van der Waals surface area contributed by atoms with E-state index in [4.69, 9.17) is 9.47 Å². The number of halogens is 3. The molecule has 5 heteroatoms. The van der Waals surface area contributed by atoms with E-state index in [9.17, 15) is 13.2 Å². The van der Waals surface area contributed by atoms with Crippen LogP contribution in [0.4, 0.5) is 13.2 Å². The number of methoxy groups -OCH3 is 2. The second kappa shape index (κ2) is 5.25. The summed E-state index contributed by atoms with van der Waals surface area (Å²) in [6.45, 7) is 0. The van der Waals surface area contributed by atoms with E-state index in [1.165, 1.54) is 14.2 Å². The topological polar surface area (TPSA) is 18.5 Å². The Hall–Kier alpha value is -1.49. The van der Waals surface area contributed by atoms with Gasteiger partial charge in [-0.25, -0.2) is 0 Å². The predicted octanol–water partition coefficient (Wildman–Crippen LogP) is 3.87. The zero-order valence-corrected chi connectivity index (χ0v) is 10.8. The van der Waals surface area contributed by atoms with Crippen molar-refractivity contribution in [3.8, 4) is 0 Å². The maximum Gasteiger partial charge on any atom is 0.389 e. The number of ether oxygens (including phenoxy) is 2. The summed E-state index contributed by atoms with van der Waals surface area (Å²) in [4.78, 5) is 0. The molecular weight excluding hydrogens is 257 g/mol. The van der Waals surface area contributed by atoms with Crippen molar-refractivity contribution >= 4 is 6.08 Å². The van der Waals surface area contributed by atoms with Crippen molar-refractivity contribution in [2.24, 2.45) is 0 Å². The number of aryl methyl sites for hydroxylation is 1. The van der Waals surface area contributed by atoms with Gasteiger partial charge in [-0.05, 0) is 29.2 Å².